The van der Waals surface area contributed by atoms with Crippen LogP contribution in [0.5, 0.6) is 11.5 Å². The average Bonchev–Trinajstić information content (AvgIpc) is 2.91. The van der Waals surface area contributed by atoms with E-state index < -0.39 is 28.4 Å². The Morgan fingerprint density at radius 3 is 2.03 bits per heavy atom. The van der Waals surface area contributed by atoms with Gasteiger partial charge in [0.2, 0.25) is 15.9 Å². The molecule has 0 aliphatic heterocycles. The second-order valence-electron chi connectivity index (χ2n) is 7.68. The normalized spacial score (nSPS) is 11.1. The average molecular weight is 513 g/mol. The fourth-order valence-corrected chi connectivity index (χ4v) is 4.95. The zero-order valence-corrected chi connectivity index (χ0v) is 21.1. The summed E-state index contributed by atoms with van der Waals surface area (Å²) in [5, 5.41) is 2.62. The minimum Gasteiger partial charge on any atom is -0.493 e. The highest BCUT2D eigenvalue weighted by Gasteiger charge is 2.27. The molecule has 0 bridgehead atoms. The van der Waals surface area contributed by atoms with Crippen LogP contribution >= 0.6 is 0 Å². The van der Waals surface area contributed by atoms with Gasteiger partial charge in [-0.2, -0.15) is 4.31 Å². The Morgan fingerprint density at radius 2 is 1.44 bits per heavy atom. The number of methoxy groups -OCH3 is 3. The molecule has 36 heavy (non-hydrogen) atoms. The first-order chi connectivity index (χ1) is 17.3. The Labute approximate surface area is 210 Å². The van der Waals surface area contributed by atoms with Crippen molar-refractivity contribution in [2.24, 2.45) is 0 Å². The van der Waals surface area contributed by atoms with Crippen molar-refractivity contribution in [3.05, 3.63) is 83.9 Å². The molecule has 3 aromatic rings. The Bertz CT molecular complexity index is 1300. The zero-order valence-electron chi connectivity index (χ0n) is 20.3. The van der Waals surface area contributed by atoms with E-state index in [2.05, 4.69) is 5.32 Å². The number of carbonyl (C=O) groups excluding carboxylic acids is 2. The van der Waals surface area contributed by atoms with E-state index in [0.29, 0.717) is 6.42 Å². The Balaban J connectivity index is 1.90. The van der Waals surface area contributed by atoms with Gasteiger partial charge in [0, 0.05) is 18.7 Å². The van der Waals surface area contributed by atoms with E-state index in [4.69, 9.17) is 14.2 Å². The summed E-state index contributed by atoms with van der Waals surface area (Å²) in [6, 6.07) is 20.1. The van der Waals surface area contributed by atoms with Gasteiger partial charge in [0.15, 0.2) is 11.5 Å². The third-order valence-corrected chi connectivity index (χ3v) is 7.26. The number of rotatable bonds is 11. The lowest BCUT2D eigenvalue weighted by atomic mass is 10.1. The van der Waals surface area contributed by atoms with Crippen LogP contribution in [0.3, 0.4) is 0 Å². The number of esters is 1. The smallest absolute Gasteiger partial charge is 0.340 e. The SMILES string of the molecule is COC(=O)c1cc(OC)c(OC)cc1NC(=O)CN(CCc1ccccc1)S(=O)(=O)c1ccccc1. The molecule has 10 heteroatoms. The Hall–Kier alpha value is -3.89. The number of carbonyl (C=O) groups is 2. The quantitative estimate of drug-likeness (QED) is 0.392. The van der Waals surface area contributed by atoms with Crippen LogP contribution in [0.1, 0.15) is 15.9 Å². The maximum absolute atomic E-state index is 13.4. The molecule has 1 amide bonds. The molecule has 9 nitrogen and oxygen atoms in total. The van der Waals surface area contributed by atoms with Gasteiger partial charge in [-0.25, -0.2) is 13.2 Å². The van der Waals surface area contributed by atoms with Crippen molar-refractivity contribution in [1.82, 2.24) is 4.31 Å². The minimum absolute atomic E-state index is 0.0326. The second-order valence-corrected chi connectivity index (χ2v) is 9.62. The van der Waals surface area contributed by atoms with Crippen LogP contribution in [0.4, 0.5) is 5.69 Å². The number of sulfonamides is 1. The zero-order chi connectivity index (χ0) is 26.1. The van der Waals surface area contributed by atoms with Gasteiger partial charge >= 0.3 is 5.97 Å². The van der Waals surface area contributed by atoms with Gasteiger partial charge in [0.25, 0.3) is 0 Å². The van der Waals surface area contributed by atoms with Gasteiger partial charge in [-0.1, -0.05) is 48.5 Å². The molecule has 0 aliphatic rings. The number of nitrogens with zero attached hydrogens (tertiary/aromatic N) is 1. The van der Waals surface area contributed by atoms with Crippen molar-refractivity contribution in [3.63, 3.8) is 0 Å². The van der Waals surface area contributed by atoms with Gasteiger partial charge in [-0.15, -0.1) is 0 Å². The molecule has 0 fully saturated rings. The summed E-state index contributed by atoms with van der Waals surface area (Å²) in [5.41, 5.74) is 1.06. The second kappa shape index (κ2) is 12.2. The van der Waals surface area contributed by atoms with Crippen LogP contribution < -0.4 is 14.8 Å². The third-order valence-electron chi connectivity index (χ3n) is 5.40. The molecule has 0 radical (unpaired) electrons. The van der Waals surface area contributed by atoms with Crippen molar-refractivity contribution < 1.29 is 32.2 Å². The summed E-state index contributed by atoms with van der Waals surface area (Å²) in [6.07, 6.45) is 0.407. The standard InChI is InChI=1S/C26H28N2O7S/c1-33-23-16-21(26(30)35-3)22(17-24(23)34-2)27-25(29)18-28(15-14-19-10-6-4-7-11-19)36(31,32)20-12-8-5-9-13-20/h4-13,16-17H,14-15,18H2,1-3H3,(H,27,29). The van der Waals surface area contributed by atoms with Crippen molar-refractivity contribution in [2.45, 2.75) is 11.3 Å². The van der Waals surface area contributed by atoms with Crippen LogP contribution in [0, 0.1) is 0 Å². The lowest BCUT2D eigenvalue weighted by Crippen LogP contribution is -2.39. The monoisotopic (exact) mass is 512 g/mol. The van der Waals surface area contributed by atoms with E-state index in [1.165, 1.54) is 45.6 Å². The van der Waals surface area contributed by atoms with Crippen molar-refractivity contribution in [1.29, 1.82) is 0 Å². The Kier molecular flexibility index (Phi) is 9.04. The summed E-state index contributed by atoms with van der Waals surface area (Å²) >= 11 is 0. The molecule has 0 aliphatic carbocycles. The van der Waals surface area contributed by atoms with E-state index in [-0.39, 0.29) is 34.2 Å². The molecule has 0 heterocycles. The fourth-order valence-electron chi connectivity index (χ4n) is 3.54. The van der Waals surface area contributed by atoms with E-state index in [9.17, 15) is 18.0 Å². The van der Waals surface area contributed by atoms with Crippen molar-refractivity contribution in [3.8, 4) is 11.5 Å². The van der Waals surface area contributed by atoms with Crippen LogP contribution in [0.2, 0.25) is 0 Å². The van der Waals surface area contributed by atoms with Crippen LogP contribution in [0.25, 0.3) is 0 Å². The number of nitrogens with one attached hydrogen (secondary N) is 1. The van der Waals surface area contributed by atoms with Gasteiger partial charge in [-0.05, 0) is 24.1 Å². The van der Waals surface area contributed by atoms with E-state index in [0.717, 1.165) is 9.87 Å². The van der Waals surface area contributed by atoms with Crippen LogP contribution in [-0.2, 0) is 26.0 Å². The summed E-state index contributed by atoms with van der Waals surface area (Å²) < 4.78 is 43.2. The molecule has 0 saturated carbocycles. The highest BCUT2D eigenvalue weighted by Crippen LogP contribution is 2.34. The maximum Gasteiger partial charge on any atom is 0.340 e. The molecule has 3 rings (SSSR count). The summed E-state index contributed by atoms with van der Waals surface area (Å²) in [4.78, 5) is 25.5. The molecule has 0 unspecified atom stereocenters. The molecule has 190 valence electrons. The number of ether oxygens (including phenoxy) is 3. The number of hydrogen-bond acceptors (Lipinski definition) is 7. The molecule has 1 N–H and O–H groups in total. The number of amides is 1. The first kappa shape index (κ1) is 26.7. The molecule has 3 aromatic carbocycles. The van der Waals surface area contributed by atoms with E-state index in [1.807, 2.05) is 30.3 Å². The topological polar surface area (TPSA) is 111 Å². The fraction of sp³-hybridized carbons (Fsp3) is 0.231. The van der Waals surface area contributed by atoms with E-state index in [1.54, 1.807) is 18.2 Å². The molecule has 0 aromatic heterocycles. The molecular weight excluding hydrogens is 484 g/mol. The highest BCUT2D eigenvalue weighted by molar-refractivity contribution is 7.89. The van der Waals surface area contributed by atoms with Crippen LogP contribution in [-0.4, -0.2) is 59.0 Å². The summed E-state index contributed by atoms with van der Waals surface area (Å²) in [6.45, 7) is -0.399. The van der Waals surface area contributed by atoms with Gasteiger partial charge in [-0.3, -0.25) is 4.79 Å². The summed E-state index contributed by atoms with van der Waals surface area (Å²) in [5.74, 6) is -0.797. The number of hydrogen-bond donors (Lipinski definition) is 1. The first-order valence-corrected chi connectivity index (χ1v) is 12.5. The lowest BCUT2D eigenvalue weighted by molar-refractivity contribution is -0.116. The molecular formula is C26H28N2O7S. The number of benzene rings is 3. The third kappa shape index (κ3) is 6.41. The summed E-state index contributed by atoms with van der Waals surface area (Å²) in [7, 11) is 0.0623. The molecule has 0 atom stereocenters. The van der Waals surface area contributed by atoms with Crippen molar-refractivity contribution >= 4 is 27.6 Å². The van der Waals surface area contributed by atoms with E-state index >= 15 is 0 Å². The largest absolute Gasteiger partial charge is 0.493 e. The predicted octanol–water partition coefficient (Wildman–Crippen LogP) is 3.36. The first-order valence-electron chi connectivity index (χ1n) is 11.0. The van der Waals surface area contributed by atoms with Gasteiger partial charge in [0.1, 0.15) is 0 Å². The van der Waals surface area contributed by atoms with Crippen LogP contribution in [0.15, 0.2) is 77.7 Å². The molecule has 0 spiro atoms. The van der Waals surface area contributed by atoms with Gasteiger partial charge in [0.05, 0.1) is 44.0 Å². The maximum atomic E-state index is 13.4. The highest BCUT2D eigenvalue weighted by atomic mass is 32.2. The van der Waals surface area contributed by atoms with Crippen molar-refractivity contribution in [2.75, 3.05) is 39.7 Å². The lowest BCUT2D eigenvalue weighted by Gasteiger charge is -2.22. The predicted molar refractivity (Wildman–Crippen MR) is 135 cm³/mol. The number of anilines is 1. The minimum atomic E-state index is -3.98. The Morgan fingerprint density at radius 1 is 0.861 bits per heavy atom. The van der Waals surface area contributed by atoms with Gasteiger partial charge < -0.3 is 19.5 Å². The molecule has 0 saturated heterocycles.